The molecule has 1 atom stereocenters. The third kappa shape index (κ3) is 3.73. The summed E-state index contributed by atoms with van der Waals surface area (Å²) in [5.74, 6) is 2.43. The molecule has 1 aromatic rings. The Kier molecular flexibility index (Phi) is 5.71. The molecule has 2 nitrogen and oxygen atoms in total. The molecule has 2 heteroatoms. The Labute approximate surface area is 117 Å². The Hall–Kier alpha value is -1.02. The van der Waals surface area contributed by atoms with Gasteiger partial charge in [0.15, 0.2) is 0 Å². The van der Waals surface area contributed by atoms with Crippen molar-refractivity contribution in [2.45, 2.75) is 44.4 Å². The van der Waals surface area contributed by atoms with Crippen molar-refractivity contribution in [1.29, 1.82) is 0 Å². The Balaban J connectivity index is 2.22. The van der Waals surface area contributed by atoms with Crippen LogP contribution in [-0.4, -0.2) is 20.7 Å². The van der Waals surface area contributed by atoms with Crippen LogP contribution in [0.4, 0.5) is 0 Å². The van der Waals surface area contributed by atoms with Crippen LogP contribution in [0.15, 0.2) is 24.3 Å². The molecule has 106 valence electrons. The minimum absolute atomic E-state index is 0.583. The zero-order chi connectivity index (χ0) is 13.5. The number of ether oxygens (including phenoxy) is 1. The van der Waals surface area contributed by atoms with Gasteiger partial charge in [-0.1, -0.05) is 43.9 Å². The Bertz CT molecular complexity index is 369. The predicted molar refractivity (Wildman–Crippen MR) is 80.9 cm³/mol. The van der Waals surface area contributed by atoms with Gasteiger partial charge >= 0.3 is 0 Å². The Morgan fingerprint density at radius 1 is 1.16 bits per heavy atom. The summed E-state index contributed by atoms with van der Waals surface area (Å²) >= 11 is 0. The molecule has 1 aromatic carbocycles. The molecule has 1 saturated carbocycles. The van der Waals surface area contributed by atoms with Gasteiger partial charge in [0, 0.05) is 12.5 Å². The molecule has 1 N–H and O–H groups in total. The number of likely N-dealkylation sites (N-methyl/N-ethyl adjacent to an activating group) is 1. The van der Waals surface area contributed by atoms with E-state index in [0.717, 1.165) is 18.2 Å². The van der Waals surface area contributed by atoms with Crippen LogP contribution in [-0.2, 0) is 0 Å². The molecule has 2 rings (SSSR count). The second-order valence-corrected chi connectivity index (χ2v) is 5.66. The van der Waals surface area contributed by atoms with E-state index in [1.165, 1.54) is 44.1 Å². The molecule has 0 radical (unpaired) electrons. The number of para-hydroxylation sites is 1. The fourth-order valence-corrected chi connectivity index (χ4v) is 3.44. The minimum atomic E-state index is 0.583. The van der Waals surface area contributed by atoms with E-state index in [1.807, 2.05) is 0 Å². The third-order valence-electron chi connectivity index (χ3n) is 4.43. The van der Waals surface area contributed by atoms with Crippen molar-refractivity contribution in [3.63, 3.8) is 0 Å². The van der Waals surface area contributed by atoms with Crippen LogP contribution in [0.3, 0.4) is 0 Å². The molecule has 0 aliphatic heterocycles. The number of benzene rings is 1. The maximum absolute atomic E-state index is 5.57. The zero-order valence-electron chi connectivity index (χ0n) is 12.3. The highest BCUT2D eigenvalue weighted by atomic mass is 16.5. The maximum Gasteiger partial charge on any atom is 0.122 e. The predicted octanol–water partition coefficient (Wildman–Crippen LogP) is 3.97. The van der Waals surface area contributed by atoms with Crippen LogP contribution in [0.25, 0.3) is 0 Å². The number of hydrogen-bond acceptors (Lipinski definition) is 2. The first-order valence-electron chi connectivity index (χ1n) is 7.64. The van der Waals surface area contributed by atoms with Crippen LogP contribution in [0.1, 0.15) is 50.0 Å². The van der Waals surface area contributed by atoms with E-state index in [-0.39, 0.29) is 0 Å². The van der Waals surface area contributed by atoms with Gasteiger partial charge in [0.2, 0.25) is 0 Å². The Morgan fingerprint density at radius 2 is 1.84 bits per heavy atom. The van der Waals surface area contributed by atoms with E-state index in [2.05, 4.69) is 36.6 Å². The number of nitrogens with one attached hydrogen (secondary N) is 1. The van der Waals surface area contributed by atoms with Gasteiger partial charge in [0.1, 0.15) is 5.75 Å². The van der Waals surface area contributed by atoms with Crippen LogP contribution in [0.2, 0.25) is 0 Å². The summed E-state index contributed by atoms with van der Waals surface area (Å²) in [5.41, 5.74) is 1.38. The first-order chi connectivity index (χ1) is 9.36. The van der Waals surface area contributed by atoms with Gasteiger partial charge in [-0.25, -0.2) is 0 Å². The van der Waals surface area contributed by atoms with Crippen molar-refractivity contribution in [2.75, 3.05) is 20.7 Å². The van der Waals surface area contributed by atoms with Crippen LogP contribution in [0, 0.1) is 5.92 Å². The summed E-state index contributed by atoms with van der Waals surface area (Å²) in [5, 5.41) is 3.38. The zero-order valence-corrected chi connectivity index (χ0v) is 12.3. The minimum Gasteiger partial charge on any atom is -0.496 e. The first-order valence-corrected chi connectivity index (χ1v) is 7.64. The number of hydrogen-bond donors (Lipinski definition) is 1. The van der Waals surface area contributed by atoms with Crippen molar-refractivity contribution in [3.8, 4) is 5.75 Å². The van der Waals surface area contributed by atoms with Gasteiger partial charge in [-0.05, 0) is 37.4 Å². The standard InChI is InChI=1S/C17H27NO/c1-18-13-16(14-9-5-3-4-6-10-14)15-11-7-8-12-17(15)19-2/h7-8,11-12,14,16,18H,3-6,9-10,13H2,1-2H3. The number of rotatable bonds is 5. The summed E-state index contributed by atoms with van der Waals surface area (Å²) in [6, 6.07) is 8.53. The fourth-order valence-electron chi connectivity index (χ4n) is 3.44. The fraction of sp³-hybridized carbons (Fsp3) is 0.647. The molecule has 0 bridgehead atoms. The van der Waals surface area contributed by atoms with E-state index in [9.17, 15) is 0 Å². The summed E-state index contributed by atoms with van der Waals surface area (Å²) in [6.45, 7) is 1.05. The van der Waals surface area contributed by atoms with Crippen molar-refractivity contribution in [2.24, 2.45) is 5.92 Å². The molecule has 0 heterocycles. The summed E-state index contributed by atoms with van der Waals surface area (Å²) in [6.07, 6.45) is 8.33. The molecule has 1 fully saturated rings. The van der Waals surface area contributed by atoms with E-state index < -0.39 is 0 Å². The van der Waals surface area contributed by atoms with Crippen molar-refractivity contribution in [1.82, 2.24) is 5.32 Å². The van der Waals surface area contributed by atoms with Crippen molar-refractivity contribution < 1.29 is 4.74 Å². The second-order valence-electron chi connectivity index (χ2n) is 5.66. The topological polar surface area (TPSA) is 21.3 Å². The van der Waals surface area contributed by atoms with Gasteiger partial charge in [0.05, 0.1) is 7.11 Å². The van der Waals surface area contributed by atoms with Gasteiger partial charge in [-0.2, -0.15) is 0 Å². The van der Waals surface area contributed by atoms with Gasteiger partial charge < -0.3 is 10.1 Å². The normalized spacial score (nSPS) is 18.8. The average molecular weight is 261 g/mol. The van der Waals surface area contributed by atoms with Gasteiger partial charge in [-0.3, -0.25) is 0 Å². The van der Waals surface area contributed by atoms with Gasteiger partial charge in [0.25, 0.3) is 0 Å². The monoisotopic (exact) mass is 261 g/mol. The third-order valence-corrected chi connectivity index (χ3v) is 4.43. The first kappa shape index (κ1) is 14.4. The molecule has 0 spiro atoms. The quantitative estimate of drug-likeness (QED) is 0.810. The summed E-state index contributed by atoms with van der Waals surface area (Å²) in [4.78, 5) is 0. The summed E-state index contributed by atoms with van der Waals surface area (Å²) < 4.78 is 5.57. The van der Waals surface area contributed by atoms with Crippen LogP contribution < -0.4 is 10.1 Å². The van der Waals surface area contributed by atoms with Crippen molar-refractivity contribution >= 4 is 0 Å². The highest BCUT2D eigenvalue weighted by Crippen LogP contribution is 2.38. The largest absolute Gasteiger partial charge is 0.496 e. The SMILES string of the molecule is CNCC(c1ccccc1OC)C1CCCCCC1. The second kappa shape index (κ2) is 7.54. The highest BCUT2D eigenvalue weighted by molar-refractivity contribution is 5.37. The Morgan fingerprint density at radius 3 is 2.47 bits per heavy atom. The lowest BCUT2D eigenvalue weighted by atomic mass is 9.81. The molecule has 1 unspecified atom stereocenters. The molecular weight excluding hydrogens is 234 g/mol. The highest BCUT2D eigenvalue weighted by Gasteiger charge is 2.25. The maximum atomic E-state index is 5.57. The lowest BCUT2D eigenvalue weighted by molar-refractivity contribution is 0.348. The lowest BCUT2D eigenvalue weighted by Gasteiger charge is -2.27. The summed E-state index contributed by atoms with van der Waals surface area (Å²) in [7, 11) is 3.83. The van der Waals surface area contributed by atoms with E-state index in [4.69, 9.17) is 4.74 Å². The van der Waals surface area contributed by atoms with Crippen molar-refractivity contribution in [3.05, 3.63) is 29.8 Å². The molecule has 1 aliphatic carbocycles. The van der Waals surface area contributed by atoms with E-state index in [1.54, 1.807) is 7.11 Å². The van der Waals surface area contributed by atoms with E-state index in [0.29, 0.717) is 5.92 Å². The number of methoxy groups -OCH3 is 1. The average Bonchev–Trinajstić information content (AvgIpc) is 2.74. The van der Waals surface area contributed by atoms with Gasteiger partial charge in [-0.15, -0.1) is 0 Å². The molecule has 0 aromatic heterocycles. The van der Waals surface area contributed by atoms with Crippen LogP contribution >= 0.6 is 0 Å². The molecule has 19 heavy (non-hydrogen) atoms. The molecular formula is C17H27NO. The smallest absolute Gasteiger partial charge is 0.122 e. The van der Waals surface area contributed by atoms with E-state index >= 15 is 0 Å². The van der Waals surface area contributed by atoms with Crippen LogP contribution in [0.5, 0.6) is 5.75 Å². The molecule has 0 saturated heterocycles. The molecule has 0 amide bonds. The lowest BCUT2D eigenvalue weighted by Crippen LogP contribution is -2.24. The molecule has 1 aliphatic rings.